The number of Topliss-reactive ketones (excluding diaryl/α,β-unsaturated/α-hetero) is 1. The fourth-order valence-electron chi connectivity index (χ4n) is 5.84. The van der Waals surface area contributed by atoms with Gasteiger partial charge in [-0.25, -0.2) is 9.97 Å². The van der Waals surface area contributed by atoms with Gasteiger partial charge in [0.1, 0.15) is 18.7 Å². The molecule has 1 aliphatic heterocycles. The summed E-state index contributed by atoms with van der Waals surface area (Å²) in [6.07, 6.45) is 12.7. The van der Waals surface area contributed by atoms with Crippen molar-refractivity contribution in [2.45, 2.75) is 69.2 Å². The van der Waals surface area contributed by atoms with Crippen molar-refractivity contribution in [2.75, 3.05) is 20.2 Å². The first kappa shape index (κ1) is 23.0. The number of rotatable bonds is 6. The molecule has 0 amide bonds. The largest absolute Gasteiger partial charge is 0.476 e. The highest BCUT2D eigenvalue weighted by Gasteiger charge is 2.48. The van der Waals surface area contributed by atoms with Crippen LogP contribution in [0.5, 0.6) is 17.5 Å². The zero-order valence-electron chi connectivity index (χ0n) is 20.5. The van der Waals surface area contributed by atoms with E-state index in [1.165, 1.54) is 6.33 Å². The van der Waals surface area contributed by atoms with Crippen LogP contribution >= 0.6 is 0 Å². The van der Waals surface area contributed by atoms with Crippen LogP contribution in [-0.4, -0.2) is 62.0 Å². The van der Waals surface area contributed by atoms with Crippen LogP contribution in [0.2, 0.25) is 0 Å². The molecule has 36 heavy (non-hydrogen) atoms. The molecular formula is C26H30N6O4. The number of likely N-dealkylation sites (N-methyl/N-ethyl adjacent to an activating group) is 1. The molecule has 1 saturated heterocycles. The SMILES string of the molecule is CN1CCC[C@H]1COc1cc(Oc2cncnc2)nc(-c2noc3c2CCC[C@@]32CCCCC2=O)n1. The van der Waals surface area contributed by atoms with Gasteiger partial charge in [0.2, 0.25) is 11.8 Å². The third kappa shape index (κ3) is 4.23. The third-order valence-electron chi connectivity index (χ3n) is 7.79. The van der Waals surface area contributed by atoms with Gasteiger partial charge in [-0.3, -0.25) is 4.79 Å². The minimum absolute atomic E-state index is 0.268. The number of hydrogen-bond acceptors (Lipinski definition) is 10. The number of ketones is 1. The van der Waals surface area contributed by atoms with Crippen molar-refractivity contribution in [3.8, 4) is 29.0 Å². The molecule has 0 aromatic carbocycles. The normalized spacial score (nSPS) is 24.1. The standard InChI is InChI=1S/C26H30N6O4/c1-32-11-5-6-17(32)15-34-21-12-22(35-18-13-27-16-28-14-18)30-25(29-21)23-19-7-4-10-26(24(19)36-31-23)9-3-2-8-20(26)33/h12-14,16-17H,2-11,15H2,1H3/t17-,26+/m0/s1. The van der Waals surface area contributed by atoms with Crippen molar-refractivity contribution in [3.63, 3.8) is 0 Å². The highest BCUT2D eigenvalue weighted by Crippen LogP contribution is 2.47. The van der Waals surface area contributed by atoms with Crippen molar-refractivity contribution in [2.24, 2.45) is 0 Å². The fourth-order valence-corrected chi connectivity index (χ4v) is 5.84. The van der Waals surface area contributed by atoms with Gasteiger partial charge < -0.3 is 18.9 Å². The molecule has 1 saturated carbocycles. The predicted molar refractivity (Wildman–Crippen MR) is 129 cm³/mol. The summed E-state index contributed by atoms with van der Waals surface area (Å²) in [5.74, 6) is 2.50. The highest BCUT2D eigenvalue weighted by molar-refractivity contribution is 5.91. The van der Waals surface area contributed by atoms with Crippen molar-refractivity contribution in [1.29, 1.82) is 0 Å². The molecule has 6 rings (SSSR count). The summed E-state index contributed by atoms with van der Waals surface area (Å²) >= 11 is 0. The number of hydrogen-bond donors (Lipinski definition) is 0. The summed E-state index contributed by atoms with van der Waals surface area (Å²) in [4.78, 5) is 32.7. The number of fused-ring (bicyclic) bond motifs is 2. The molecule has 2 fully saturated rings. The van der Waals surface area contributed by atoms with E-state index in [4.69, 9.17) is 19.0 Å². The molecule has 188 valence electrons. The number of likely N-dealkylation sites (tertiary alicyclic amines) is 1. The van der Waals surface area contributed by atoms with Gasteiger partial charge in [0.05, 0.1) is 23.9 Å². The maximum Gasteiger partial charge on any atom is 0.226 e. The van der Waals surface area contributed by atoms with Crippen LogP contribution in [0, 0.1) is 0 Å². The van der Waals surface area contributed by atoms with Crippen LogP contribution in [0.25, 0.3) is 11.5 Å². The van der Waals surface area contributed by atoms with Gasteiger partial charge in [0, 0.05) is 18.0 Å². The molecule has 0 N–H and O–H groups in total. The van der Waals surface area contributed by atoms with Crippen LogP contribution in [0.4, 0.5) is 0 Å². The lowest BCUT2D eigenvalue weighted by Crippen LogP contribution is -2.41. The Morgan fingerprint density at radius 2 is 1.92 bits per heavy atom. The fraction of sp³-hybridized carbons (Fsp3) is 0.538. The second kappa shape index (κ2) is 9.57. The number of carbonyl (C=O) groups is 1. The number of nitrogens with zero attached hydrogens (tertiary/aromatic N) is 6. The van der Waals surface area contributed by atoms with Crippen LogP contribution in [0.15, 0.2) is 29.3 Å². The smallest absolute Gasteiger partial charge is 0.226 e. The summed E-state index contributed by atoms with van der Waals surface area (Å²) in [7, 11) is 2.11. The van der Waals surface area contributed by atoms with Crippen LogP contribution < -0.4 is 9.47 Å². The highest BCUT2D eigenvalue weighted by atomic mass is 16.5. The summed E-state index contributed by atoms with van der Waals surface area (Å²) < 4.78 is 18.0. The topological polar surface area (TPSA) is 116 Å². The lowest BCUT2D eigenvalue weighted by atomic mass is 9.64. The van der Waals surface area contributed by atoms with Crippen LogP contribution in [0.1, 0.15) is 62.7 Å². The molecule has 0 radical (unpaired) electrons. The molecule has 3 aliphatic rings. The minimum Gasteiger partial charge on any atom is -0.476 e. The van der Waals surface area contributed by atoms with Crippen molar-refractivity contribution in [3.05, 3.63) is 36.1 Å². The van der Waals surface area contributed by atoms with E-state index in [1.54, 1.807) is 18.5 Å². The minimum atomic E-state index is -0.557. The number of carbonyl (C=O) groups excluding carboxylic acids is 1. The van der Waals surface area contributed by atoms with Crippen molar-refractivity contribution >= 4 is 5.78 Å². The molecule has 3 aromatic rings. The Morgan fingerprint density at radius 3 is 2.72 bits per heavy atom. The molecule has 2 atom stereocenters. The van der Waals surface area contributed by atoms with E-state index in [9.17, 15) is 4.79 Å². The molecule has 2 aliphatic carbocycles. The van der Waals surface area contributed by atoms with E-state index in [2.05, 4.69) is 32.1 Å². The molecular weight excluding hydrogens is 460 g/mol. The first-order valence-electron chi connectivity index (χ1n) is 12.8. The average Bonchev–Trinajstić information content (AvgIpc) is 3.52. The van der Waals surface area contributed by atoms with Gasteiger partial charge in [-0.1, -0.05) is 11.6 Å². The molecule has 10 heteroatoms. The van der Waals surface area contributed by atoms with Gasteiger partial charge in [0.25, 0.3) is 0 Å². The van der Waals surface area contributed by atoms with Gasteiger partial charge in [0.15, 0.2) is 23.0 Å². The molecule has 10 nitrogen and oxygen atoms in total. The lowest BCUT2D eigenvalue weighted by Gasteiger charge is -2.36. The number of ether oxygens (including phenoxy) is 2. The van der Waals surface area contributed by atoms with E-state index >= 15 is 0 Å². The van der Waals surface area contributed by atoms with E-state index in [-0.39, 0.29) is 5.78 Å². The Bertz CT molecular complexity index is 1250. The average molecular weight is 491 g/mol. The molecule has 0 bridgehead atoms. The Balaban J connectivity index is 1.36. The molecule has 4 heterocycles. The zero-order chi connectivity index (χ0) is 24.5. The molecule has 0 unspecified atom stereocenters. The zero-order valence-corrected chi connectivity index (χ0v) is 20.5. The van der Waals surface area contributed by atoms with Crippen LogP contribution in [-0.2, 0) is 16.6 Å². The monoisotopic (exact) mass is 490 g/mol. The maximum absolute atomic E-state index is 13.1. The molecule has 1 spiro atoms. The quantitative estimate of drug-likeness (QED) is 0.503. The Labute approximate surface area is 209 Å². The van der Waals surface area contributed by atoms with E-state index < -0.39 is 5.41 Å². The lowest BCUT2D eigenvalue weighted by molar-refractivity contribution is -0.128. The summed E-state index contributed by atoms with van der Waals surface area (Å²) in [5.41, 5.74) is 0.928. The third-order valence-corrected chi connectivity index (χ3v) is 7.79. The van der Waals surface area contributed by atoms with E-state index in [1.807, 2.05) is 0 Å². The first-order valence-corrected chi connectivity index (χ1v) is 12.8. The molecule has 3 aromatic heterocycles. The summed E-state index contributed by atoms with van der Waals surface area (Å²) in [6, 6.07) is 2.01. The van der Waals surface area contributed by atoms with Gasteiger partial charge in [-0.2, -0.15) is 9.97 Å². The second-order valence-corrected chi connectivity index (χ2v) is 10.0. The number of aromatic nitrogens is 5. The summed E-state index contributed by atoms with van der Waals surface area (Å²) in [5, 5.41) is 4.39. The van der Waals surface area contributed by atoms with E-state index in [0.717, 1.165) is 63.5 Å². The van der Waals surface area contributed by atoms with Gasteiger partial charge in [-0.15, -0.1) is 0 Å². The Morgan fingerprint density at radius 1 is 1.08 bits per heavy atom. The Hall–Kier alpha value is -3.40. The van der Waals surface area contributed by atoms with Crippen LogP contribution in [0.3, 0.4) is 0 Å². The van der Waals surface area contributed by atoms with Crippen molar-refractivity contribution in [1.82, 2.24) is 30.0 Å². The first-order chi connectivity index (χ1) is 17.6. The predicted octanol–water partition coefficient (Wildman–Crippen LogP) is 3.90. The van der Waals surface area contributed by atoms with Crippen molar-refractivity contribution < 1.29 is 18.8 Å². The summed E-state index contributed by atoms with van der Waals surface area (Å²) in [6.45, 7) is 1.59. The maximum atomic E-state index is 13.1. The second-order valence-electron chi connectivity index (χ2n) is 10.0. The van der Waals surface area contributed by atoms with Gasteiger partial charge in [-0.05, 0) is 58.5 Å². The van der Waals surface area contributed by atoms with Gasteiger partial charge >= 0.3 is 0 Å². The Kier molecular flexibility index (Phi) is 6.12. The van der Waals surface area contributed by atoms with E-state index in [0.29, 0.717) is 53.9 Å².